The third-order valence-corrected chi connectivity index (χ3v) is 4.11. The lowest BCUT2D eigenvalue weighted by atomic mass is 9.92. The zero-order chi connectivity index (χ0) is 11.3. The smallest absolute Gasteiger partial charge is 0.0494 e. The molecule has 1 unspecified atom stereocenters. The minimum atomic E-state index is 0.335. The van der Waals surface area contributed by atoms with Crippen LogP contribution < -0.4 is 5.73 Å². The van der Waals surface area contributed by atoms with Crippen LogP contribution in [0.2, 0.25) is 0 Å². The highest BCUT2D eigenvalue weighted by Crippen LogP contribution is 2.32. The van der Waals surface area contributed by atoms with E-state index in [1.54, 1.807) is 0 Å². The van der Waals surface area contributed by atoms with E-state index in [-0.39, 0.29) is 0 Å². The number of hydrogen-bond acceptors (Lipinski definition) is 1. The maximum absolute atomic E-state index is 6.06. The van der Waals surface area contributed by atoms with Gasteiger partial charge in [-0.1, -0.05) is 22.0 Å². The summed E-state index contributed by atoms with van der Waals surface area (Å²) in [4.78, 5) is 0. The number of halogens is 1. The maximum Gasteiger partial charge on any atom is 0.0494 e. The lowest BCUT2D eigenvalue weighted by Crippen LogP contribution is -2.28. The Morgan fingerprint density at radius 1 is 1.44 bits per heavy atom. The quantitative estimate of drug-likeness (QED) is 0.790. The Hall–Kier alpha value is -0.800. The topological polar surface area (TPSA) is 30.9 Å². The highest BCUT2D eigenvalue weighted by molar-refractivity contribution is 9.10. The molecular weight excluding hydrogens is 264 g/mol. The van der Waals surface area contributed by atoms with Crippen LogP contribution >= 0.6 is 15.9 Å². The standard InChI is InChI=1S/C13H15BrN2/c1-16-12-5-3-9(15)7-11(12)10-4-2-8(14)6-13(10)16/h2,4,6,9H,3,5,7,15H2,1H3. The highest BCUT2D eigenvalue weighted by atomic mass is 79.9. The molecule has 0 aliphatic heterocycles. The van der Waals surface area contributed by atoms with E-state index in [2.05, 4.69) is 45.7 Å². The lowest BCUT2D eigenvalue weighted by molar-refractivity contribution is 0.562. The Bertz CT molecular complexity index is 557. The minimum absolute atomic E-state index is 0.335. The molecule has 0 radical (unpaired) electrons. The number of aryl methyl sites for hydroxylation is 1. The van der Waals surface area contributed by atoms with Gasteiger partial charge < -0.3 is 10.3 Å². The second-order valence-electron chi connectivity index (χ2n) is 4.65. The van der Waals surface area contributed by atoms with Gasteiger partial charge in [0.25, 0.3) is 0 Å². The molecule has 2 aromatic rings. The van der Waals surface area contributed by atoms with Crippen molar-refractivity contribution in [2.24, 2.45) is 12.8 Å². The summed E-state index contributed by atoms with van der Waals surface area (Å²) in [6, 6.07) is 6.85. The number of hydrogen-bond donors (Lipinski definition) is 1. The van der Waals surface area contributed by atoms with E-state index in [0.717, 1.165) is 23.7 Å². The SMILES string of the molecule is Cn1c2c(c3ccc(Br)cc31)CC(N)CC2. The van der Waals surface area contributed by atoms with Crippen molar-refractivity contribution < 1.29 is 0 Å². The Labute approximate surface area is 104 Å². The van der Waals surface area contributed by atoms with Crippen LogP contribution in [-0.4, -0.2) is 10.6 Å². The second kappa shape index (κ2) is 3.60. The molecule has 84 valence electrons. The van der Waals surface area contributed by atoms with Crippen molar-refractivity contribution in [3.8, 4) is 0 Å². The van der Waals surface area contributed by atoms with Crippen molar-refractivity contribution in [3.63, 3.8) is 0 Å². The van der Waals surface area contributed by atoms with Gasteiger partial charge in [0, 0.05) is 34.2 Å². The first-order valence-electron chi connectivity index (χ1n) is 5.68. The highest BCUT2D eigenvalue weighted by Gasteiger charge is 2.21. The normalized spacial score (nSPS) is 20.1. The monoisotopic (exact) mass is 278 g/mol. The number of benzene rings is 1. The largest absolute Gasteiger partial charge is 0.347 e. The molecular formula is C13H15BrN2. The van der Waals surface area contributed by atoms with Crippen molar-refractivity contribution in [2.45, 2.75) is 25.3 Å². The first-order chi connectivity index (χ1) is 7.66. The molecule has 0 bridgehead atoms. The van der Waals surface area contributed by atoms with E-state index in [9.17, 15) is 0 Å². The van der Waals surface area contributed by atoms with Gasteiger partial charge in [0.15, 0.2) is 0 Å². The molecule has 1 aromatic carbocycles. The summed E-state index contributed by atoms with van der Waals surface area (Å²) in [5.41, 5.74) is 10.3. The molecule has 1 heterocycles. The summed E-state index contributed by atoms with van der Waals surface area (Å²) in [6.07, 6.45) is 3.24. The molecule has 2 N–H and O–H groups in total. The van der Waals surface area contributed by atoms with Crippen LogP contribution in [0, 0.1) is 0 Å². The summed E-state index contributed by atoms with van der Waals surface area (Å²) in [5.74, 6) is 0. The number of fused-ring (bicyclic) bond motifs is 3. The summed E-state index contributed by atoms with van der Waals surface area (Å²) in [6.45, 7) is 0. The molecule has 2 nitrogen and oxygen atoms in total. The van der Waals surface area contributed by atoms with Crippen molar-refractivity contribution in [1.29, 1.82) is 0 Å². The fraction of sp³-hybridized carbons (Fsp3) is 0.385. The summed E-state index contributed by atoms with van der Waals surface area (Å²) >= 11 is 3.53. The van der Waals surface area contributed by atoms with E-state index in [1.165, 1.54) is 22.2 Å². The molecule has 1 atom stereocenters. The molecule has 0 saturated heterocycles. The molecule has 1 aliphatic rings. The third-order valence-electron chi connectivity index (χ3n) is 3.62. The van der Waals surface area contributed by atoms with Crippen molar-refractivity contribution >= 4 is 26.8 Å². The van der Waals surface area contributed by atoms with Gasteiger partial charge in [-0.15, -0.1) is 0 Å². The van der Waals surface area contributed by atoms with Crippen LogP contribution in [0.15, 0.2) is 22.7 Å². The van der Waals surface area contributed by atoms with E-state index >= 15 is 0 Å². The van der Waals surface area contributed by atoms with Gasteiger partial charge in [-0.05, 0) is 37.0 Å². The van der Waals surface area contributed by atoms with E-state index in [4.69, 9.17) is 5.73 Å². The Kier molecular flexibility index (Phi) is 2.33. The van der Waals surface area contributed by atoms with Gasteiger partial charge in [-0.2, -0.15) is 0 Å². The Balaban J connectivity index is 2.32. The number of nitrogens with two attached hydrogens (primary N) is 1. The molecule has 0 fully saturated rings. The predicted molar refractivity (Wildman–Crippen MR) is 70.6 cm³/mol. The predicted octanol–water partition coefficient (Wildman–Crippen LogP) is 2.76. The summed E-state index contributed by atoms with van der Waals surface area (Å²) in [7, 11) is 2.16. The number of aromatic nitrogens is 1. The van der Waals surface area contributed by atoms with Crippen LogP contribution in [0.1, 0.15) is 17.7 Å². The van der Waals surface area contributed by atoms with Crippen molar-refractivity contribution in [2.75, 3.05) is 0 Å². The van der Waals surface area contributed by atoms with Gasteiger partial charge in [-0.3, -0.25) is 0 Å². The first-order valence-corrected chi connectivity index (χ1v) is 6.47. The van der Waals surface area contributed by atoms with Crippen molar-refractivity contribution in [1.82, 2.24) is 4.57 Å². The molecule has 0 saturated carbocycles. The Morgan fingerprint density at radius 3 is 3.06 bits per heavy atom. The van der Waals surface area contributed by atoms with Gasteiger partial charge in [0.2, 0.25) is 0 Å². The van der Waals surface area contributed by atoms with Crippen LogP contribution in [0.5, 0.6) is 0 Å². The molecule has 0 spiro atoms. The molecule has 1 aliphatic carbocycles. The third kappa shape index (κ3) is 1.42. The molecule has 3 rings (SSSR count). The maximum atomic E-state index is 6.06. The van der Waals surface area contributed by atoms with Gasteiger partial charge >= 0.3 is 0 Å². The van der Waals surface area contributed by atoms with Crippen LogP contribution in [0.3, 0.4) is 0 Å². The zero-order valence-electron chi connectivity index (χ0n) is 9.33. The molecule has 1 aromatic heterocycles. The average molecular weight is 279 g/mol. The molecule has 16 heavy (non-hydrogen) atoms. The van der Waals surface area contributed by atoms with Gasteiger partial charge in [-0.25, -0.2) is 0 Å². The van der Waals surface area contributed by atoms with Crippen LogP contribution in [-0.2, 0) is 19.9 Å². The number of rotatable bonds is 0. The number of nitrogens with zero attached hydrogens (tertiary/aromatic N) is 1. The lowest BCUT2D eigenvalue weighted by Gasteiger charge is -2.19. The molecule has 0 amide bonds. The summed E-state index contributed by atoms with van der Waals surface area (Å²) < 4.78 is 3.46. The second-order valence-corrected chi connectivity index (χ2v) is 5.56. The average Bonchev–Trinajstić information content (AvgIpc) is 2.52. The fourth-order valence-corrected chi connectivity index (χ4v) is 3.12. The van der Waals surface area contributed by atoms with E-state index in [0.29, 0.717) is 6.04 Å². The molecule has 3 heteroatoms. The van der Waals surface area contributed by atoms with Gasteiger partial charge in [0.05, 0.1) is 0 Å². The fourth-order valence-electron chi connectivity index (χ4n) is 2.77. The zero-order valence-corrected chi connectivity index (χ0v) is 10.9. The van der Waals surface area contributed by atoms with Crippen LogP contribution in [0.25, 0.3) is 10.9 Å². The minimum Gasteiger partial charge on any atom is -0.347 e. The Morgan fingerprint density at radius 2 is 2.25 bits per heavy atom. The van der Waals surface area contributed by atoms with Crippen molar-refractivity contribution in [3.05, 3.63) is 33.9 Å². The van der Waals surface area contributed by atoms with Crippen LogP contribution in [0.4, 0.5) is 0 Å². The van der Waals surface area contributed by atoms with E-state index < -0.39 is 0 Å². The summed E-state index contributed by atoms with van der Waals surface area (Å²) in [5, 5.41) is 1.37. The van der Waals surface area contributed by atoms with Gasteiger partial charge in [0.1, 0.15) is 0 Å². The first kappa shape index (κ1) is 10.4. The van der Waals surface area contributed by atoms with E-state index in [1.807, 2.05) is 0 Å².